The van der Waals surface area contributed by atoms with Crippen LogP contribution in [0.5, 0.6) is 0 Å². The van der Waals surface area contributed by atoms with Gasteiger partial charge in [-0.05, 0) is 12.8 Å². The molecule has 0 unspecified atom stereocenters. The van der Waals surface area contributed by atoms with Crippen molar-refractivity contribution in [2.45, 2.75) is 45.6 Å². The predicted octanol–water partition coefficient (Wildman–Crippen LogP) is 2.41. The van der Waals surface area contributed by atoms with Crippen molar-refractivity contribution in [3.63, 3.8) is 0 Å². The van der Waals surface area contributed by atoms with E-state index in [1.165, 1.54) is 13.4 Å². The number of aromatic nitrogens is 1. The van der Waals surface area contributed by atoms with E-state index in [0.29, 0.717) is 25.5 Å². The number of nitrogens with zero attached hydrogens (tertiary/aromatic N) is 2. The molecule has 23 heavy (non-hydrogen) atoms. The van der Waals surface area contributed by atoms with Gasteiger partial charge in [-0.3, -0.25) is 4.79 Å². The van der Waals surface area contributed by atoms with E-state index < -0.39 is 5.97 Å². The van der Waals surface area contributed by atoms with Crippen LogP contribution in [0.2, 0.25) is 0 Å². The van der Waals surface area contributed by atoms with Gasteiger partial charge in [0, 0.05) is 26.7 Å². The summed E-state index contributed by atoms with van der Waals surface area (Å²) in [6.07, 6.45) is 5.46. The largest absolute Gasteiger partial charge is 0.464 e. The minimum absolute atomic E-state index is 0.0624. The highest BCUT2D eigenvalue weighted by molar-refractivity contribution is 5.86. The fraction of sp³-hybridized carbons (Fsp3) is 0.688. The zero-order chi connectivity index (χ0) is 17.1. The molecule has 0 N–H and O–H groups in total. The molecule has 7 heteroatoms. The van der Waals surface area contributed by atoms with Gasteiger partial charge in [-0.2, -0.15) is 0 Å². The van der Waals surface area contributed by atoms with Crippen LogP contribution in [-0.4, -0.2) is 49.1 Å². The van der Waals surface area contributed by atoms with Crippen LogP contribution in [0, 0.1) is 0 Å². The molecule has 0 spiro atoms. The summed E-state index contributed by atoms with van der Waals surface area (Å²) in [4.78, 5) is 29.5. The van der Waals surface area contributed by atoms with Crippen LogP contribution in [0.4, 0.5) is 0 Å². The number of ether oxygens (including phenoxy) is 2. The number of hydrogen-bond acceptors (Lipinski definition) is 6. The number of amides is 1. The molecule has 1 heterocycles. The van der Waals surface area contributed by atoms with Gasteiger partial charge >= 0.3 is 5.97 Å². The molecule has 0 saturated heterocycles. The summed E-state index contributed by atoms with van der Waals surface area (Å²) in [5.41, 5.74) is 0.109. The third kappa shape index (κ3) is 6.81. The molecule has 0 radical (unpaired) electrons. The summed E-state index contributed by atoms with van der Waals surface area (Å²) in [5.74, 6) is -0.167. The maximum Gasteiger partial charge on any atom is 0.360 e. The van der Waals surface area contributed by atoms with E-state index in [0.717, 1.165) is 25.7 Å². The monoisotopic (exact) mass is 326 g/mol. The molecule has 0 fully saturated rings. The van der Waals surface area contributed by atoms with Gasteiger partial charge in [0.1, 0.15) is 6.26 Å². The van der Waals surface area contributed by atoms with Crippen LogP contribution in [0.1, 0.15) is 55.4 Å². The third-order valence-corrected chi connectivity index (χ3v) is 3.40. The van der Waals surface area contributed by atoms with Crippen molar-refractivity contribution in [3.8, 4) is 0 Å². The zero-order valence-electron chi connectivity index (χ0n) is 14.2. The molecule has 0 atom stereocenters. The van der Waals surface area contributed by atoms with E-state index >= 15 is 0 Å². The Bertz CT molecular complexity index is 487. The van der Waals surface area contributed by atoms with Gasteiger partial charge in [0.05, 0.1) is 13.7 Å². The Morgan fingerprint density at radius 1 is 1.26 bits per heavy atom. The number of unbranched alkanes of at least 4 members (excludes halogenated alkanes) is 2. The lowest BCUT2D eigenvalue weighted by atomic mass is 10.2. The molecule has 7 nitrogen and oxygen atoms in total. The molecule has 0 aliphatic rings. The topological polar surface area (TPSA) is 81.9 Å². The molecular weight excluding hydrogens is 300 g/mol. The number of oxazole rings is 1. The number of esters is 1. The van der Waals surface area contributed by atoms with Gasteiger partial charge in [-0.1, -0.05) is 19.8 Å². The van der Waals surface area contributed by atoms with Crippen molar-refractivity contribution in [2.24, 2.45) is 0 Å². The Kier molecular flexibility index (Phi) is 8.97. The summed E-state index contributed by atoms with van der Waals surface area (Å²) < 4.78 is 14.9. The van der Waals surface area contributed by atoms with Gasteiger partial charge in [0.25, 0.3) is 0 Å². The molecule has 130 valence electrons. The van der Waals surface area contributed by atoms with Gasteiger partial charge in [-0.15, -0.1) is 0 Å². The number of rotatable bonds is 11. The minimum atomic E-state index is -0.555. The first kappa shape index (κ1) is 19.2. The van der Waals surface area contributed by atoms with Crippen LogP contribution in [0.3, 0.4) is 0 Å². The standard InChI is InChI=1S/C16H26N2O5/c1-4-5-6-8-15(19)18(9-7-10-21-2)11-14-17-13(12-23-14)16(20)22-3/h12H,4-11H2,1-3H3. The maximum absolute atomic E-state index is 12.3. The summed E-state index contributed by atoms with van der Waals surface area (Å²) >= 11 is 0. The van der Waals surface area contributed by atoms with E-state index in [9.17, 15) is 9.59 Å². The number of carbonyl (C=O) groups excluding carboxylic acids is 2. The maximum atomic E-state index is 12.3. The summed E-state index contributed by atoms with van der Waals surface area (Å²) in [5, 5.41) is 0. The number of methoxy groups -OCH3 is 2. The zero-order valence-corrected chi connectivity index (χ0v) is 14.2. The second-order valence-electron chi connectivity index (χ2n) is 5.24. The quantitative estimate of drug-likeness (QED) is 0.459. The molecule has 0 aliphatic carbocycles. The fourth-order valence-corrected chi connectivity index (χ4v) is 2.12. The average Bonchev–Trinajstić information content (AvgIpc) is 3.02. The molecular formula is C16H26N2O5. The lowest BCUT2D eigenvalue weighted by Crippen LogP contribution is -2.32. The van der Waals surface area contributed by atoms with Crippen LogP contribution in [-0.2, 0) is 20.8 Å². The molecule has 0 aromatic carbocycles. The Labute approximate surface area is 136 Å². The van der Waals surface area contributed by atoms with E-state index in [1.807, 2.05) is 0 Å². The summed E-state index contributed by atoms with van der Waals surface area (Å²) in [7, 11) is 2.91. The number of hydrogen-bond donors (Lipinski definition) is 0. The van der Waals surface area contributed by atoms with Crippen molar-refractivity contribution in [1.82, 2.24) is 9.88 Å². The van der Waals surface area contributed by atoms with Gasteiger partial charge in [0.15, 0.2) is 5.69 Å². The molecule has 1 aromatic heterocycles. The SMILES string of the molecule is CCCCCC(=O)N(CCCOC)Cc1nc(C(=O)OC)co1. The van der Waals surface area contributed by atoms with Crippen LogP contribution < -0.4 is 0 Å². The van der Waals surface area contributed by atoms with E-state index in [4.69, 9.17) is 9.15 Å². The van der Waals surface area contributed by atoms with Crippen LogP contribution in [0.25, 0.3) is 0 Å². The highest BCUT2D eigenvalue weighted by Crippen LogP contribution is 2.11. The molecule has 0 saturated carbocycles. The Balaban J connectivity index is 2.65. The van der Waals surface area contributed by atoms with Gasteiger partial charge < -0.3 is 18.8 Å². The van der Waals surface area contributed by atoms with Crippen molar-refractivity contribution < 1.29 is 23.5 Å². The Morgan fingerprint density at radius 2 is 2.04 bits per heavy atom. The van der Waals surface area contributed by atoms with E-state index in [1.54, 1.807) is 12.0 Å². The first-order valence-electron chi connectivity index (χ1n) is 7.91. The van der Waals surface area contributed by atoms with E-state index in [2.05, 4.69) is 16.6 Å². The molecule has 1 amide bonds. The predicted molar refractivity (Wildman–Crippen MR) is 83.9 cm³/mol. The first-order chi connectivity index (χ1) is 11.1. The highest BCUT2D eigenvalue weighted by atomic mass is 16.5. The summed E-state index contributed by atoms with van der Waals surface area (Å²) in [6, 6.07) is 0. The smallest absolute Gasteiger partial charge is 0.360 e. The normalized spacial score (nSPS) is 10.6. The highest BCUT2D eigenvalue weighted by Gasteiger charge is 2.18. The van der Waals surface area contributed by atoms with Crippen molar-refractivity contribution in [3.05, 3.63) is 17.8 Å². The molecule has 0 aliphatic heterocycles. The first-order valence-corrected chi connectivity index (χ1v) is 7.91. The Morgan fingerprint density at radius 3 is 2.70 bits per heavy atom. The molecule has 0 bridgehead atoms. The van der Waals surface area contributed by atoms with E-state index in [-0.39, 0.29) is 18.1 Å². The number of carbonyl (C=O) groups is 2. The fourth-order valence-electron chi connectivity index (χ4n) is 2.12. The second-order valence-corrected chi connectivity index (χ2v) is 5.24. The second kappa shape index (κ2) is 10.8. The van der Waals surface area contributed by atoms with Gasteiger partial charge in [0.2, 0.25) is 11.8 Å². The Hall–Kier alpha value is -1.89. The van der Waals surface area contributed by atoms with Gasteiger partial charge in [-0.25, -0.2) is 9.78 Å². The average molecular weight is 326 g/mol. The molecule has 1 rings (SSSR count). The molecule has 1 aromatic rings. The third-order valence-electron chi connectivity index (χ3n) is 3.40. The van der Waals surface area contributed by atoms with Crippen molar-refractivity contribution in [2.75, 3.05) is 27.4 Å². The lowest BCUT2D eigenvalue weighted by molar-refractivity contribution is -0.132. The van der Waals surface area contributed by atoms with Crippen molar-refractivity contribution >= 4 is 11.9 Å². The summed E-state index contributed by atoms with van der Waals surface area (Å²) in [6.45, 7) is 3.49. The van der Waals surface area contributed by atoms with Crippen LogP contribution in [0.15, 0.2) is 10.7 Å². The minimum Gasteiger partial charge on any atom is -0.464 e. The lowest BCUT2D eigenvalue weighted by Gasteiger charge is -2.21. The van der Waals surface area contributed by atoms with Crippen LogP contribution >= 0.6 is 0 Å². The van der Waals surface area contributed by atoms with Crippen molar-refractivity contribution in [1.29, 1.82) is 0 Å².